The normalized spacial score (nSPS) is 28.7. The zero-order valence-corrected chi connectivity index (χ0v) is 15.2. The molecule has 0 unspecified atom stereocenters. The van der Waals surface area contributed by atoms with Gasteiger partial charge in [0.25, 0.3) is 0 Å². The molecule has 2 fully saturated rings. The van der Waals surface area contributed by atoms with Crippen molar-refractivity contribution >= 4 is 5.82 Å². The number of rotatable bonds is 5. The first kappa shape index (κ1) is 17.2. The number of likely N-dealkylation sites (tertiary alicyclic amines) is 1. The Balaban J connectivity index is 1.50. The van der Waals surface area contributed by atoms with Gasteiger partial charge in [-0.25, -0.2) is 9.97 Å². The van der Waals surface area contributed by atoms with Gasteiger partial charge < -0.3 is 15.2 Å². The quantitative estimate of drug-likeness (QED) is 0.890. The lowest BCUT2D eigenvalue weighted by molar-refractivity contribution is -0.0843. The Kier molecular flexibility index (Phi) is 4.78. The lowest BCUT2D eigenvalue weighted by Crippen LogP contribution is -2.52. The molecule has 2 aromatic rings. The maximum absolute atomic E-state index is 6.14. The van der Waals surface area contributed by atoms with E-state index in [-0.39, 0.29) is 11.7 Å². The van der Waals surface area contributed by atoms with Gasteiger partial charge in [0.05, 0.1) is 5.60 Å². The van der Waals surface area contributed by atoms with Crippen molar-refractivity contribution in [3.8, 4) is 5.88 Å². The number of aromatic nitrogens is 2. The minimum absolute atomic E-state index is 0.0824. The van der Waals surface area contributed by atoms with E-state index in [0.717, 1.165) is 44.3 Å². The fourth-order valence-corrected chi connectivity index (χ4v) is 4.44. The standard InChI is InChI=1S/C20H26N4O2/c1-25-20-8-7-16(26-18-6-2-3-10-22-18)13-17(20)24(12-9-20)14-15-5-4-11-23-19(15)21/h2-6,10-11,16-17H,7-9,12-14H2,1H3,(H2,21,23)/t16-,17+,20-/m1/s1. The molecule has 26 heavy (non-hydrogen) atoms. The van der Waals surface area contributed by atoms with Gasteiger partial charge in [-0.15, -0.1) is 0 Å². The van der Waals surface area contributed by atoms with Crippen LogP contribution in [0.25, 0.3) is 0 Å². The number of nitrogens with zero attached hydrogens (tertiary/aromatic N) is 3. The maximum Gasteiger partial charge on any atom is 0.213 e. The summed E-state index contributed by atoms with van der Waals surface area (Å²) in [5, 5.41) is 0. The zero-order chi connectivity index (χ0) is 18.0. The van der Waals surface area contributed by atoms with Gasteiger partial charge in [0.2, 0.25) is 5.88 Å². The number of hydrogen-bond donors (Lipinski definition) is 1. The van der Waals surface area contributed by atoms with Crippen molar-refractivity contribution in [2.45, 2.75) is 50.0 Å². The summed E-state index contributed by atoms with van der Waals surface area (Å²) in [6.45, 7) is 1.80. The first-order valence-electron chi connectivity index (χ1n) is 9.26. The molecule has 3 atom stereocenters. The van der Waals surface area contributed by atoms with E-state index in [1.54, 1.807) is 12.4 Å². The molecular formula is C20H26N4O2. The van der Waals surface area contributed by atoms with Gasteiger partial charge in [-0.2, -0.15) is 0 Å². The third kappa shape index (κ3) is 3.27. The second-order valence-corrected chi connectivity index (χ2v) is 7.24. The third-order valence-electron chi connectivity index (χ3n) is 5.88. The fourth-order valence-electron chi connectivity index (χ4n) is 4.44. The highest BCUT2D eigenvalue weighted by molar-refractivity contribution is 5.38. The van der Waals surface area contributed by atoms with Crippen LogP contribution >= 0.6 is 0 Å². The van der Waals surface area contributed by atoms with Crippen LogP contribution in [0.4, 0.5) is 5.82 Å². The average molecular weight is 354 g/mol. The van der Waals surface area contributed by atoms with Gasteiger partial charge in [-0.3, -0.25) is 4.90 Å². The number of nitrogen functional groups attached to an aromatic ring is 1. The number of ether oxygens (including phenoxy) is 2. The summed E-state index contributed by atoms with van der Waals surface area (Å²) in [5.41, 5.74) is 7.05. The van der Waals surface area contributed by atoms with Crippen LogP contribution in [0.2, 0.25) is 0 Å². The summed E-state index contributed by atoms with van der Waals surface area (Å²) < 4.78 is 12.2. The molecule has 0 spiro atoms. The largest absolute Gasteiger partial charge is 0.474 e. The SMILES string of the molecule is CO[C@@]12CC[C@@H](Oc3ccccn3)C[C@@H]1N(Cc1cccnc1N)CC2. The van der Waals surface area contributed by atoms with E-state index in [1.165, 1.54) is 0 Å². The van der Waals surface area contributed by atoms with Crippen LogP contribution in [-0.4, -0.2) is 46.3 Å². The van der Waals surface area contributed by atoms with Crippen molar-refractivity contribution in [1.29, 1.82) is 0 Å². The van der Waals surface area contributed by atoms with Crippen LogP contribution in [0.15, 0.2) is 42.7 Å². The molecule has 0 bridgehead atoms. The van der Waals surface area contributed by atoms with Crippen molar-refractivity contribution in [1.82, 2.24) is 14.9 Å². The first-order chi connectivity index (χ1) is 12.7. The van der Waals surface area contributed by atoms with Crippen LogP contribution in [-0.2, 0) is 11.3 Å². The molecule has 0 amide bonds. The topological polar surface area (TPSA) is 73.5 Å². The molecule has 1 aliphatic heterocycles. The zero-order valence-electron chi connectivity index (χ0n) is 15.2. The first-order valence-corrected chi connectivity index (χ1v) is 9.26. The molecule has 1 saturated carbocycles. The lowest BCUT2D eigenvalue weighted by Gasteiger charge is -2.43. The lowest BCUT2D eigenvalue weighted by atomic mass is 9.79. The molecule has 2 aliphatic rings. The second-order valence-electron chi connectivity index (χ2n) is 7.24. The van der Waals surface area contributed by atoms with E-state index in [9.17, 15) is 0 Å². The number of methoxy groups -OCH3 is 1. The monoisotopic (exact) mass is 354 g/mol. The number of pyridine rings is 2. The Morgan fingerprint density at radius 1 is 1.19 bits per heavy atom. The molecule has 6 heteroatoms. The highest BCUT2D eigenvalue weighted by Gasteiger charge is 2.51. The van der Waals surface area contributed by atoms with E-state index in [4.69, 9.17) is 15.2 Å². The van der Waals surface area contributed by atoms with Crippen molar-refractivity contribution in [2.24, 2.45) is 0 Å². The Morgan fingerprint density at radius 3 is 2.85 bits per heavy atom. The van der Waals surface area contributed by atoms with Crippen LogP contribution in [0.5, 0.6) is 5.88 Å². The van der Waals surface area contributed by atoms with Crippen molar-refractivity contribution < 1.29 is 9.47 Å². The molecular weight excluding hydrogens is 328 g/mol. The molecule has 1 aliphatic carbocycles. The predicted octanol–water partition coefficient (Wildman–Crippen LogP) is 2.65. The third-order valence-corrected chi connectivity index (χ3v) is 5.88. The van der Waals surface area contributed by atoms with E-state index in [2.05, 4.69) is 20.9 Å². The smallest absolute Gasteiger partial charge is 0.213 e. The average Bonchev–Trinajstić information content (AvgIpc) is 3.03. The predicted molar refractivity (Wildman–Crippen MR) is 99.7 cm³/mol. The van der Waals surface area contributed by atoms with E-state index >= 15 is 0 Å². The highest BCUT2D eigenvalue weighted by Crippen LogP contribution is 2.43. The van der Waals surface area contributed by atoms with Gasteiger partial charge >= 0.3 is 0 Å². The highest BCUT2D eigenvalue weighted by atomic mass is 16.5. The summed E-state index contributed by atoms with van der Waals surface area (Å²) in [6, 6.07) is 10.1. The van der Waals surface area contributed by atoms with Crippen LogP contribution < -0.4 is 10.5 Å². The summed E-state index contributed by atoms with van der Waals surface area (Å²) >= 11 is 0. The second kappa shape index (κ2) is 7.21. The van der Waals surface area contributed by atoms with Gasteiger partial charge in [0.15, 0.2) is 0 Å². The summed E-state index contributed by atoms with van der Waals surface area (Å²) in [6.07, 6.45) is 7.64. The summed E-state index contributed by atoms with van der Waals surface area (Å²) in [5.74, 6) is 1.31. The molecule has 2 aromatic heterocycles. The Bertz CT molecular complexity index is 742. The Morgan fingerprint density at radius 2 is 2.08 bits per heavy atom. The fraction of sp³-hybridized carbons (Fsp3) is 0.500. The molecule has 1 saturated heterocycles. The molecule has 0 radical (unpaired) electrons. The van der Waals surface area contributed by atoms with E-state index in [0.29, 0.717) is 17.7 Å². The number of fused-ring (bicyclic) bond motifs is 1. The Hall–Kier alpha value is -2.18. The minimum atomic E-state index is -0.0824. The van der Waals surface area contributed by atoms with Gasteiger partial charge in [0.1, 0.15) is 11.9 Å². The minimum Gasteiger partial charge on any atom is -0.474 e. The van der Waals surface area contributed by atoms with Crippen LogP contribution in [0, 0.1) is 0 Å². The summed E-state index contributed by atoms with van der Waals surface area (Å²) in [7, 11) is 1.84. The van der Waals surface area contributed by atoms with Crippen molar-refractivity contribution in [3.05, 3.63) is 48.3 Å². The number of hydrogen-bond acceptors (Lipinski definition) is 6. The molecule has 138 valence electrons. The number of nitrogens with two attached hydrogens (primary N) is 1. The van der Waals surface area contributed by atoms with Gasteiger partial charge in [-0.05, 0) is 31.4 Å². The Labute approximate surface area is 154 Å². The van der Waals surface area contributed by atoms with Crippen molar-refractivity contribution in [2.75, 3.05) is 19.4 Å². The van der Waals surface area contributed by atoms with Crippen LogP contribution in [0.3, 0.4) is 0 Å². The van der Waals surface area contributed by atoms with Gasteiger partial charge in [0, 0.05) is 56.7 Å². The van der Waals surface area contributed by atoms with E-state index in [1.807, 2.05) is 31.4 Å². The van der Waals surface area contributed by atoms with Crippen LogP contribution in [0.1, 0.15) is 31.2 Å². The maximum atomic E-state index is 6.14. The molecule has 3 heterocycles. The van der Waals surface area contributed by atoms with Crippen molar-refractivity contribution in [3.63, 3.8) is 0 Å². The molecule has 6 nitrogen and oxygen atoms in total. The molecule has 0 aromatic carbocycles. The summed E-state index contributed by atoms with van der Waals surface area (Å²) in [4.78, 5) is 11.0. The van der Waals surface area contributed by atoms with E-state index < -0.39 is 0 Å². The molecule has 2 N–H and O–H groups in total. The number of anilines is 1. The molecule has 4 rings (SSSR count). The van der Waals surface area contributed by atoms with Gasteiger partial charge in [-0.1, -0.05) is 12.1 Å².